The van der Waals surface area contributed by atoms with Gasteiger partial charge in [0, 0.05) is 6.21 Å². The Labute approximate surface area is 135 Å². The zero-order valence-corrected chi connectivity index (χ0v) is 12.8. The SMILES string of the molecule is COc1ccccc1OCC(=O)NN=CC=Cc1ccccc1. The van der Waals surface area contributed by atoms with Crippen molar-refractivity contribution in [3.63, 3.8) is 0 Å². The van der Waals surface area contributed by atoms with Gasteiger partial charge in [0.05, 0.1) is 7.11 Å². The lowest BCUT2D eigenvalue weighted by Crippen LogP contribution is -2.24. The molecule has 0 bridgehead atoms. The van der Waals surface area contributed by atoms with Gasteiger partial charge in [-0.25, -0.2) is 5.43 Å². The number of carbonyl (C=O) groups excluding carboxylic acids is 1. The maximum absolute atomic E-state index is 11.6. The fourth-order valence-corrected chi connectivity index (χ4v) is 1.78. The number of carbonyl (C=O) groups is 1. The molecule has 0 spiro atoms. The van der Waals surface area contributed by atoms with E-state index in [9.17, 15) is 4.79 Å². The number of methoxy groups -OCH3 is 1. The number of nitrogens with one attached hydrogen (secondary N) is 1. The first-order valence-corrected chi connectivity index (χ1v) is 7.09. The summed E-state index contributed by atoms with van der Waals surface area (Å²) in [6.45, 7) is -0.139. The van der Waals surface area contributed by atoms with Gasteiger partial charge < -0.3 is 9.47 Å². The molecule has 0 unspecified atom stereocenters. The molecule has 2 aromatic carbocycles. The number of para-hydroxylation sites is 2. The van der Waals surface area contributed by atoms with Crippen molar-refractivity contribution in [1.82, 2.24) is 5.43 Å². The first kappa shape index (κ1) is 16.3. The molecule has 1 amide bonds. The van der Waals surface area contributed by atoms with Crippen molar-refractivity contribution in [2.45, 2.75) is 0 Å². The molecule has 0 aliphatic carbocycles. The van der Waals surface area contributed by atoms with Crippen molar-refractivity contribution >= 4 is 18.2 Å². The number of hydrazone groups is 1. The van der Waals surface area contributed by atoms with Crippen molar-refractivity contribution in [1.29, 1.82) is 0 Å². The van der Waals surface area contributed by atoms with Crippen LogP contribution in [-0.4, -0.2) is 25.8 Å². The summed E-state index contributed by atoms with van der Waals surface area (Å²) in [5, 5.41) is 3.82. The molecule has 0 fully saturated rings. The Morgan fingerprint density at radius 2 is 1.78 bits per heavy atom. The van der Waals surface area contributed by atoms with E-state index in [2.05, 4.69) is 10.5 Å². The highest BCUT2D eigenvalue weighted by Gasteiger charge is 2.05. The van der Waals surface area contributed by atoms with Gasteiger partial charge in [0.1, 0.15) is 0 Å². The normalized spacial score (nSPS) is 10.8. The molecule has 0 atom stereocenters. The second-order valence-corrected chi connectivity index (χ2v) is 4.52. The van der Waals surface area contributed by atoms with Crippen molar-refractivity contribution in [3.8, 4) is 11.5 Å². The van der Waals surface area contributed by atoms with E-state index in [1.54, 1.807) is 25.3 Å². The molecular weight excluding hydrogens is 292 g/mol. The monoisotopic (exact) mass is 310 g/mol. The zero-order chi connectivity index (χ0) is 16.3. The standard InChI is InChI=1S/C18H18N2O3/c1-22-16-11-5-6-12-17(16)23-14-18(21)20-19-13-7-10-15-8-3-2-4-9-15/h2-13H,14H2,1H3,(H,20,21). The predicted molar refractivity (Wildman–Crippen MR) is 90.6 cm³/mol. The maximum Gasteiger partial charge on any atom is 0.277 e. The summed E-state index contributed by atoms with van der Waals surface area (Å²) in [6, 6.07) is 16.9. The molecule has 1 N–H and O–H groups in total. The number of nitrogens with zero attached hydrogens (tertiary/aromatic N) is 1. The van der Waals surface area contributed by atoms with Gasteiger partial charge in [-0.15, -0.1) is 0 Å². The molecule has 2 rings (SSSR count). The fourth-order valence-electron chi connectivity index (χ4n) is 1.78. The van der Waals surface area contributed by atoms with Gasteiger partial charge in [0.15, 0.2) is 18.1 Å². The van der Waals surface area contributed by atoms with Crippen molar-refractivity contribution in [2.75, 3.05) is 13.7 Å². The van der Waals surface area contributed by atoms with Crippen LogP contribution in [0.4, 0.5) is 0 Å². The van der Waals surface area contributed by atoms with Crippen LogP contribution in [0.1, 0.15) is 5.56 Å². The van der Waals surface area contributed by atoms with Gasteiger partial charge in [-0.1, -0.05) is 48.5 Å². The number of amides is 1. The molecule has 0 aromatic heterocycles. The zero-order valence-electron chi connectivity index (χ0n) is 12.8. The largest absolute Gasteiger partial charge is 0.493 e. The second kappa shape index (κ2) is 9.04. The lowest BCUT2D eigenvalue weighted by Gasteiger charge is -2.08. The average Bonchev–Trinajstić information content (AvgIpc) is 2.60. The lowest BCUT2D eigenvalue weighted by molar-refractivity contribution is -0.123. The smallest absolute Gasteiger partial charge is 0.277 e. The Balaban J connectivity index is 1.75. The molecule has 2 aromatic rings. The third kappa shape index (κ3) is 5.67. The molecule has 5 nitrogen and oxygen atoms in total. The minimum absolute atomic E-state index is 0.139. The van der Waals surface area contributed by atoms with Crippen molar-refractivity contribution in [2.24, 2.45) is 5.10 Å². The van der Waals surface area contributed by atoms with Gasteiger partial charge in [0.25, 0.3) is 5.91 Å². The molecule has 0 saturated heterocycles. The van der Waals surface area contributed by atoms with Crippen LogP contribution < -0.4 is 14.9 Å². The van der Waals surface area contributed by atoms with Gasteiger partial charge in [-0.3, -0.25) is 4.79 Å². The van der Waals surface area contributed by atoms with E-state index in [1.165, 1.54) is 6.21 Å². The summed E-state index contributed by atoms with van der Waals surface area (Å²) in [4.78, 5) is 11.6. The highest BCUT2D eigenvalue weighted by molar-refractivity contribution is 5.82. The van der Waals surface area contributed by atoms with E-state index in [1.807, 2.05) is 48.5 Å². The van der Waals surface area contributed by atoms with E-state index < -0.39 is 0 Å². The number of ether oxygens (including phenoxy) is 2. The van der Waals surface area contributed by atoms with Crippen LogP contribution in [0.25, 0.3) is 6.08 Å². The molecular formula is C18H18N2O3. The molecule has 23 heavy (non-hydrogen) atoms. The lowest BCUT2D eigenvalue weighted by atomic mass is 10.2. The van der Waals surface area contributed by atoms with E-state index in [0.29, 0.717) is 11.5 Å². The first-order chi connectivity index (χ1) is 11.3. The first-order valence-electron chi connectivity index (χ1n) is 7.09. The number of benzene rings is 2. The molecule has 5 heteroatoms. The predicted octanol–water partition coefficient (Wildman–Crippen LogP) is 2.89. The van der Waals surface area contributed by atoms with E-state index >= 15 is 0 Å². The quantitative estimate of drug-likeness (QED) is 0.632. The molecule has 118 valence electrons. The number of rotatable bonds is 7. The Bertz CT molecular complexity index is 682. The second-order valence-electron chi connectivity index (χ2n) is 4.52. The molecule has 0 aliphatic rings. The molecule has 0 heterocycles. The number of allylic oxidation sites excluding steroid dienone is 1. The van der Waals surface area contributed by atoms with Crippen LogP contribution in [0.5, 0.6) is 11.5 Å². The third-order valence-corrected chi connectivity index (χ3v) is 2.87. The summed E-state index contributed by atoms with van der Waals surface area (Å²) < 4.78 is 10.5. The van der Waals surface area contributed by atoms with E-state index in [0.717, 1.165) is 5.56 Å². The van der Waals surface area contributed by atoms with Crippen molar-refractivity contribution < 1.29 is 14.3 Å². The van der Waals surface area contributed by atoms with E-state index in [4.69, 9.17) is 9.47 Å². The minimum Gasteiger partial charge on any atom is -0.493 e. The van der Waals surface area contributed by atoms with Gasteiger partial charge in [0.2, 0.25) is 0 Å². The topological polar surface area (TPSA) is 59.9 Å². The van der Waals surface area contributed by atoms with Gasteiger partial charge in [-0.05, 0) is 23.8 Å². The van der Waals surface area contributed by atoms with Crippen LogP contribution in [0, 0.1) is 0 Å². The van der Waals surface area contributed by atoms with Crippen LogP contribution in [-0.2, 0) is 4.79 Å². The van der Waals surface area contributed by atoms with Crippen LogP contribution >= 0.6 is 0 Å². The summed E-state index contributed by atoms with van der Waals surface area (Å²) >= 11 is 0. The minimum atomic E-state index is -0.347. The summed E-state index contributed by atoms with van der Waals surface area (Å²) in [6.07, 6.45) is 5.14. The van der Waals surface area contributed by atoms with Crippen LogP contribution in [0.3, 0.4) is 0 Å². The fraction of sp³-hybridized carbons (Fsp3) is 0.111. The van der Waals surface area contributed by atoms with Gasteiger partial charge >= 0.3 is 0 Å². The summed E-state index contributed by atoms with van der Waals surface area (Å²) in [7, 11) is 1.55. The third-order valence-electron chi connectivity index (χ3n) is 2.87. The molecule has 0 aliphatic heterocycles. The Morgan fingerprint density at radius 3 is 2.52 bits per heavy atom. The van der Waals surface area contributed by atoms with Crippen LogP contribution in [0.2, 0.25) is 0 Å². The molecule has 0 saturated carbocycles. The number of hydrogen-bond acceptors (Lipinski definition) is 4. The van der Waals surface area contributed by atoms with E-state index in [-0.39, 0.29) is 12.5 Å². The van der Waals surface area contributed by atoms with Crippen molar-refractivity contribution in [3.05, 3.63) is 66.2 Å². The Hall–Kier alpha value is -3.08. The van der Waals surface area contributed by atoms with Crippen LogP contribution in [0.15, 0.2) is 65.8 Å². The highest BCUT2D eigenvalue weighted by atomic mass is 16.5. The Morgan fingerprint density at radius 1 is 1.09 bits per heavy atom. The average molecular weight is 310 g/mol. The molecule has 0 radical (unpaired) electrons. The maximum atomic E-state index is 11.6. The summed E-state index contributed by atoms with van der Waals surface area (Å²) in [5.74, 6) is 0.743. The summed E-state index contributed by atoms with van der Waals surface area (Å²) in [5.41, 5.74) is 3.45. The number of hydrogen-bond donors (Lipinski definition) is 1. The Kier molecular flexibility index (Phi) is 6.41. The highest BCUT2D eigenvalue weighted by Crippen LogP contribution is 2.25. The van der Waals surface area contributed by atoms with Gasteiger partial charge in [-0.2, -0.15) is 5.10 Å².